The van der Waals surface area contributed by atoms with Crippen molar-refractivity contribution in [2.45, 2.75) is 95.3 Å². The maximum atomic E-state index is 13.1. The molecule has 2 bridgehead atoms. The smallest absolute Gasteiger partial charge is 0.335 e. The molecule has 11 atom stereocenters. The normalized spacial score (nSPS) is 49.0. The van der Waals surface area contributed by atoms with E-state index in [1.807, 2.05) is 19.9 Å². The average Bonchev–Trinajstić information content (AvgIpc) is 3.67. The number of carbonyl (C=O) groups is 2. The van der Waals surface area contributed by atoms with Gasteiger partial charge in [0.2, 0.25) is 0 Å². The number of hydrogen-bond donors (Lipinski definition) is 3. The van der Waals surface area contributed by atoms with Gasteiger partial charge in [0.1, 0.15) is 24.4 Å². The van der Waals surface area contributed by atoms with Gasteiger partial charge < -0.3 is 39.0 Å². The molecule has 1 saturated carbocycles. The van der Waals surface area contributed by atoms with Gasteiger partial charge in [0.05, 0.1) is 36.4 Å². The van der Waals surface area contributed by atoms with Gasteiger partial charge in [-0.3, -0.25) is 0 Å². The number of ether oxygens (including phenoxy) is 5. The topological polar surface area (TPSA) is 144 Å². The van der Waals surface area contributed by atoms with Gasteiger partial charge in [-0.2, -0.15) is 0 Å². The SMILES string of the molecule is CC1=C[C@H]2O[C@@H]3C[C@H]4OC(=O)/C=C\C=C\[C@H]([C@H](C)O)OCC[C@@H](C)[C@@H](O)C(=O)OC[C@]2(C[C@H]1O)[C@]4(C)[C@]31CO1. The molecule has 0 unspecified atom stereocenters. The van der Waals surface area contributed by atoms with E-state index in [9.17, 15) is 24.9 Å². The van der Waals surface area contributed by atoms with E-state index in [-0.39, 0.29) is 25.7 Å². The largest absolute Gasteiger partial charge is 0.463 e. The predicted molar refractivity (Wildman–Crippen MR) is 137 cm³/mol. The molecule has 216 valence electrons. The van der Waals surface area contributed by atoms with Crippen LogP contribution in [0.5, 0.6) is 0 Å². The van der Waals surface area contributed by atoms with Crippen molar-refractivity contribution in [3.05, 3.63) is 36.0 Å². The lowest BCUT2D eigenvalue weighted by Gasteiger charge is -2.58. The van der Waals surface area contributed by atoms with Crippen molar-refractivity contribution < 1.29 is 48.6 Å². The van der Waals surface area contributed by atoms with Crippen LogP contribution in [0.3, 0.4) is 0 Å². The van der Waals surface area contributed by atoms with E-state index in [4.69, 9.17) is 23.7 Å². The number of epoxide rings is 1. The first-order valence-corrected chi connectivity index (χ1v) is 13.8. The zero-order valence-corrected chi connectivity index (χ0v) is 22.9. The molecule has 3 aliphatic heterocycles. The number of carbonyl (C=O) groups excluding carboxylic acids is 2. The summed E-state index contributed by atoms with van der Waals surface area (Å²) in [6.45, 7) is 7.58. The standard InChI is InChI=1S/C29H40O10/c1-16-9-10-35-20(18(3)30)7-5-6-8-24(32)39-21-12-23-29(15-37-29)27(21,4)28(14-36-26(34)25(16)33)13-19(31)17(2)11-22(28)38-23/h5-8,11,16,18-23,25,30-31,33H,9-10,12-15H2,1-4H3/b7-5+,8-6-/t16-,18+,19-,20-,21-,22-,23-,25-,27-,28+,29+/m1/s1. The van der Waals surface area contributed by atoms with E-state index in [1.165, 1.54) is 12.2 Å². The van der Waals surface area contributed by atoms with Crippen molar-refractivity contribution >= 4 is 11.9 Å². The summed E-state index contributed by atoms with van der Waals surface area (Å²) in [7, 11) is 0. The monoisotopic (exact) mass is 548 g/mol. The van der Waals surface area contributed by atoms with E-state index in [0.717, 1.165) is 5.57 Å². The summed E-state index contributed by atoms with van der Waals surface area (Å²) in [5.41, 5.74) is -1.79. The van der Waals surface area contributed by atoms with Gasteiger partial charge in [-0.25, -0.2) is 9.59 Å². The maximum absolute atomic E-state index is 13.1. The fourth-order valence-corrected chi connectivity index (χ4v) is 7.05. The molecule has 2 aliphatic carbocycles. The molecule has 2 spiro atoms. The molecule has 0 amide bonds. The van der Waals surface area contributed by atoms with E-state index >= 15 is 0 Å². The minimum Gasteiger partial charge on any atom is -0.463 e. The lowest BCUT2D eigenvalue weighted by atomic mass is 9.51. The summed E-state index contributed by atoms with van der Waals surface area (Å²) in [4.78, 5) is 26.1. The first kappa shape index (κ1) is 28.4. The third-order valence-electron chi connectivity index (χ3n) is 9.83. The third-order valence-corrected chi connectivity index (χ3v) is 9.83. The van der Waals surface area contributed by atoms with Gasteiger partial charge in [0, 0.05) is 24.5 Å². The number of rotatable bonds is 1. The van der Waals surface area contributed by atoms with Gasteiger partial charge >= 0.3 is 11.9 Å². The van der Waals surface area contributed by atoms with Crippen molar-refractivity contribution in [3.8, 4) is 0 Å². The Morgan fingerprint density at radius 1 is 1.13 bits per heavy atom. The highest BCUT2D eigenvalue weighted by molar-refractivity contribution is 5.82. The van der Waals surface area contributed by atoms with Crippen molar-refractivity contribution in [3.63, 3.8) is 0 Å². The highest BCUT2D eigenvalue weighted by atomic mass is 16.6. The third kappa shape index (κ3) is 4.59. The molecular formula is C29H40O10. The maximum Gasteiger partial charge on any atom is 0.335 e. The van der Waals surface area contributed by atoms with Crippen LogP contribution in [0.4, 0.5) is 0 Å². The second-order valence-electron chi connectivity index (χ2n) is 12.0. The quantitative estimate of drug-likeness (QED) is 0.250. The number of aliphatic hydroxyl groups is 3. The van der Waals surface area contributed by atoms with Crippen LogP contribution < -0.4 is 0 Å². The molecule has 0 aromatic rings. The lowest BCUT2D eigenvalue weighted by molar-refractivity contribution is -0.240. The summed E-state index contributed by atoms with van der Waals surface area (Å²) >= 11 is 0. The summed E-state index contributed by atoms with van der Waals surface area (Å²) < 4.78 is 30.2. The average molecular weight is 549 g/mol. The molecule has 5 rings (SSSR count). The van der Waals surface area contributed by atoms with Gasteiger partial charge in [-0.1, -0.05) is 38.2 Å². The first-order valence-electron chi connectivity index (χ1n) is 13.8. The number of aliphatic hydroxyl groups excluding tert-OH is 3. The van der Waals surface area contributed by atoms with Gasteiger partial charge in [0.25, 0.3) is 0 Å². The zero-order valence-electron chi connectivity index (χ0n) is 22.9. The van der Waals surface area contributed by atoms with E-state index in [1.54, 1.807) is 26.0 Å². The summed E-state index contributed by atoms with van der Waals surface area (Å²) in [6, 6.07) is 0. The van der Waals surface area contributed by atoms with Crippen molar-refractivity contribution in [1.82, 2.24) is 0 Å². The Bertz CT molecular complexity index is 1060. The van der Waals surface area contributed by atoms with E-state index < -0.39 is 70.9 Å². The van der Waals surface area contributed by atoms with Crippen LogP contribution >= 0.6 is 0 Å². The molecule has 10 heteroatoms. The van der Waals surface area contributed by atoms with Gasteiger partial charge in [-0.15, -0.1) is 0 Å². The number of hydrogen-bond acceptors (Lipinski definition) is 10. The van der Waals surface area contributed by atoms with Gasteiger partial charge in [-0.05, 0) is 38.2 Å². The molecule has 5 aliphatic rings. The van der Waals surface area contributed by atoms with Crippen LogP contribution in [0.1, 0.15) is 47.0 Å². The molecule has 0 aromatic heterocycles. The summed E-state index contributed by atoms with van der Waals surface area (Å²) in [5.74, 6) is -1.81. The fourth-order valence-electron chi connectivity index (χ4n) is 7.05. The second-order valence-corrected chi connectivity index (χ2v) is 12.0. The van der Waals surface area contributed by atoms with Crippen molar-refractivity contribution in [1.29, 1.82) is 0 Å². The Morgan fingerprint density at radius 3 is 2.56 bits per heavy atom. The Labute approximate surface area is 228 Å². The van der Waals surface area contributed by atoms with Crippen molar-refractivity contribution in [2.75, 3.05) is 19.8 Å². The minimum atomic E-state index is -1.40. The molecule has 3 heterocycles. The number of esters is 2. The molecule has 10 nitrogen and oxygen atoms in total. The molecule has 0 aromatic carbocycles. The Kier molecular flexibility index (Phi) is 7.58. The summed E-state index contributed by atoms with van der Waals surface area (Å²) in [6.07, 6.45) is 3.82. The van der Waals surface area contributed by atoms with Crippen LogP contribution in [0, 0.1) is 16.7 Å². The van der Waals surface area contributed by atoms with Crippen molar-refractivity contribution in [2.24, 2.45) is 16.7 Å². The molecule has 3 N–H and O–H groups in total. The molecular weight excluding hydrogens is 508 g/mol. The predicted octanol–water partition coefficient (Wildman–Crippen LogP) is 1.36. The molecule has 0 radical (unpaired) electrons. The van der Waals surface area contributed by atoms with E-state index in [0.29, 0.717) is 19.4 Å². The Balaban J connectivity index is 1.53. The lowest BCUT2D eigenvalue weighted by Crippen LogP contribution is -2.68. The molecule has 3 fully saturated rings. The highest BCUT2D eigenvalue weighted by Gasteiger charge is 2.83. The fraction of sp³-hybridized carbons (Fsp3) is 0.724. The Hall–Kier alpha value is -2.08. The minimum absolute atomic E-state index is 0.150. The summed E-state index contributed by atoms with van der Waals surface area (Å²) in [5, 5.41) is 31.8. The first-order chi connectivity index (χ1) is 18.4. The highest BCUT2D eigenvalue weighted by Crippen LogP contribution is 2.72. The van der Waals surface area contributed by atoms with Crippen LogP contribution in [0.2, 0.25) is 0 Å². The zero-order chi connectivity index (χ0) is 28.2. The van der Waals surface area contributed by atoms with Gasteiger partial charge in [0.15, 0.2) is 6.10 Å². The van der Waals surface area contributed by atoms with Crippen LogP contribution in [-0.4, -0.2) is 95.4 Å². The van der Waals surface area contributed by atoms with E-state index in [2.05, 4.69) is 0 Å². The number of allylic oxidation sites excluding steroid dienone is 2. The van der Waals surface area contributed by atoms with Crippen LogP contribution in [0.15, 0.2) is 36.0 Å². The van der Waals surface area contributed by atoms with Crippen LogP contribution in [0.25, 0.3) is 0 Å². The number of cyclic esters (lactones) is 1. The Morgan fingerprint density at radius 2 is 1.87 bits per heavy atom. The van der Waals surface area contributed by atoms with Crippen LogP contribution in [-0.2, 0) is 33.3 Å². The second kappa shape index (κ2) is 10.4. The molecule has 2 saturated heterocycles. The molecule has 39 heavy (non-hydrogen) atoms.